The Hall–Kier alpha value is -0.630. The van der Waals surface area contributed by atoms with Crippen molar-refractivity contribution in [2.75, 3.05) is 19.7 Å². The Balaban J connectivity index is 1.53. The van der Waals surface area contributed by atoms with Crippen LogP contribution in [0.1, 0.15) is 45.4 Å². The lowest BCUT2D eigenvalue weighted by Gasteiger charge is -2.39. The molecule has 3 rings (SSSR count). The third-order valence-electron chi connectivity index (χ3n) is 4.84. The third kappa shape index (κ3) is 3.10. The molecule has 1 aliphatic heterocycles. The average molecular weight is 263 g/mol. The molecule has 2 saturated carbocycles. The van der Waals surface area contributed by atoms with E-state index in [0.29, 0.717) is 18.2 Å². The van der Waals surface area contributed by atoms with E-state index in [-0.39, 0.29) is 5.54 Å². The summed E-state index contributed by atoms with van der Waals surface area (Å²) in [4.78, 5) is 2.56. The summed E-state index contributed by atoms with van der Waals surface area (Å²) < 4.78 is 5.84. The molecule has 1 saturated heterocycles. The van der Waals surface area contributed by atoms with Gasteiger partial charge in [0.2, 0.25) is 0 Å². The number of fused-ring (bicyclic) bond motifs is 1. The monoisotopic (exact) mass is 263 g/mol. The van der Waals surface area contributed by atoms with Crippen molar-refractivity contribution >= 4 is 0 Å². The van der Waals surface area contributed by atoms with E-state index in [0.717, 1.165) is 26.1 Å². The van der Waals surface area contributed by atoms with Crippen LogP contribution in [-0.2, 0) is 4.74 Å². The smallest absolute Gasteiger partial charge is 0.105 e. The van der Waals surface area contributed by atoms with Gasteiger partial charge in [0.05, 0.1) is 18.8 Å². The summed E-state index contributed by atoms with van der Waals surface area (Å²) in [6.45, 7) is 4.97. The normalized spacial score (nSPS) is 34.5. The summed E-state index contributed by atoms with van der Waals surface area (Å²) in [5.41, 5.74) is -0.354. The van der Waals surface area contributed by atoms with Crippen molar-refractivity contribution in [1.29, 1.82) is 5.26 Å². The summed E-state index contributed by atoms with van der Waals surface area (Å²) in [5, 5.41) is 12.9. The second-order valence-electron chi connectivity index (χ2n) is 6.56. The van der Waals surface area contributed by atoms with Gasteiger partial charge in [0.15, 0.2) is 0 Å². The lowest BCUT2D eigenvalue weighted by Crippen LogP contribution is -2.51. The van der Waals surface area contributed by atoms with E-state index in [9.17, 15) is 5.26 Å². The number of nitrogens with zero attached hydrogens (tertiary/aromatic N) is 2. The molecule has 4 heteroatoms. The van der Waals surface area contributed by atoms with Crippen molar-refractivity contribution in [2.45, 2.75) is 69.2 Å². The van der Waals surface area contributed by atoms with Crippen molar-refractivity contribution in [2.24, 2.45) is 0 Å². The van der Waals surface area contributed by atoms with Crippen LogP contribution >= 0.6 is 0 Å². The summed E-state index contributed by atoms with van der Waals surface area (Å²) in [7, 11) is 0. The molecule has 1 N–H and O–H groups in total. The summed E-state index contributed by atoms with van der Waals surface area (Å²) in [6.07, 6.45) is 7.63. The fourth-order valence-electron chi connectivity index (χ4n) is 3.49. The molecular formula is C15H25N3O. The van der Waals surface area contributed by atoms with Crippen LogP contribution in [0.5, 0.6) is 0 Å². The Morgan fingerprint density at radius 3 is 2.95 bits per heavy atom. The summed E-state index contributed by atoms with van der Waals surface area (Å²) in [5.74, 6) is 0. The molecule has 0 bridgehead atoms. The average Bonchev–Trinajstić information content (AvgIpc) is 3.09. The van der Waals surface area contributed by atoms with E-state index >= 15 is 0 Å². The number of morpholine rings is 1. The number of rotatable bonds is 5. The quantitative estimate of drug-likeness (QED) is 0.819. The Morgan fingerprint density at radius 1 is 1.37 bits per heavy atom. The molecule has 19 heavy (non-hydrogen) atoms. The first-order chi connectivity index (χ1) is 9.20. The van der Waals surface area contributed by atoms with E-state index in [2.05, 4.69) is 23.2 Å². The highest BCUT2D eigenvalue weighted by Gasteiger charge is 2.38. The molecule has 4 nitrogen and oxygen atoms in total. The maximum Gasteiger partial charge on any atom is 0.105 e. The van der Waals surface area contributed by atoms with Crippen molar-refractivity contribution < 1.29 is 4.74 Å². The van der Waals surface area contributed by atoms with Gasteiger partial charge in [-0.05, 0) is 45.4 Å². The van der Waals surface area contributed by atoms with Crippen molar-refractivity contribution in [3.8, 4) is 6.07 Å². The van der Waals surface area contributed by atoms with E-state index in [4.69, 9.17) is 4.74 Å². The SMILES string of the molecule is CC(C#N)(CCN1CCOC2CCCC21)NC1CC1. The van der Waals surface area contributed by atoms with Crippen LogP contribution in [0.2, 0.25) is 0 Å². The summed E-state index contributed by atoms with van der Waals surface area (Å²) >= 11 is 0. The van der Waals surface area contributed by atoms with Crippen LogP contribution < -0.4 is 5.32 Å². The minimum absolute atomic E-state index is 0.354. The molecule has 3 atom stereocenters. The van der Waals surface area contributed by atoms with Crippen LogP contribution in [0.3, 0.4) is 0 Å². The topological polar surface area (TPSA) is 48.3 Å². The Bertz CT molecular complexity index is 363. The Kier molecular flexibility index (Phi) is 3.79. The second kappa shape index (κ2) is 5.40. The number of hydrogen-bond acceptors (Lipinski definition) is 4. The largest absolute Gasteiger partial charge is 0.375 e. The van der Waals surface area contributed by atoms with Gasteiger partial charge in [0, 0.05) is 25.2 Å². The standard InChI is InChI=1S/C15H25N3O/c1-15(11-16,17-12-5-6-12)7-8-18-9-10-19-14-4-2-3-13(14)18/h12-14,17H,2-10H2,1H3. The molecule has 0 amide bonds. The highest BCUT2D eigenvalue weighted by molar-refractivity contribution is 5.07. The third-order valence-corrected chi connectivity index (χ3v) is 4.84. The van der Waals surface area contributed by atoms with E-state index < -0.39 is 0 Å². The van der Waals surface area contributed by atoms with E-state index in [1.54, 1.807) is 0 Å². The Morgan fingerprint density at radius 2 is 2.21 bits per heavy atom. The molecule has 0 radical (unpaired) electrons. The number of hydrogen-bond donors (Lipinski definition) is 1. The number of ether oxygens (including phenoxy) is 1. The van der Waals surface area contributed by atoms with Gasteiger partial charge >= 0.3 is 0 Å². The lowest BCUT2D eigenvalue weighted by molar-refractivity contribution is -0.0569. The zero-order chi connectivity index (χ0) is 13.3. The number of nitriles is 1. The minimum atomic E-state index is -0.354. The predicted octanol–water partition coefficient (Wildman–Crippen LogP) is 1.66. The molecule has 0 aromatic carbocycles. The maximum absolute atomic E-state index is 9.42. The fraction of sp³-hybridized carbons (Fsp3) is 0.933. The molecule has 3 aliphatic rings. The molecular weight excluding hydrogens is 238 g/mol. The molecule has 3 unspecified atom stereocenters. The van der Waals surface area contributed by atoms with Gasteiger partial charge in [-0.1, -0.05) is 0 Å². The molecule has 1 heterocycles. The van der Waals surface area contributed by atoms with Crippen molar-refractivity contribution in [3.05, 3.63) is 0 Å². The van der Waals surface area contributed by atoms with Gasteiger partial charge in [-0.2, -0.15) is 5.26 Å². The van der Waals surface area contributed by atoms with E-state index in [1.807, 2.05) is 0 Å². The maximum atomic E-state index is 9.42. The van der Waals surface area contributed by atoms with E-state index in [1.165, 1.54) is 32.1 Å². The van der Waals surface area contributed by atoms with Crippen molar-refractivity contribution in [1.82, 2.24) is 10.2 Å². The van der Waals surface area contributed by atoms with Crippen LogP contribution in [0.4, 0.5) is 0 Å². The molecule has 106 valence electrons. The highest BCUT2D eigenvalue weighted by Crippen LogP contribution is 2.30. The van der Waals surface area contributed by atoms with Crippen LogP contribution in [0, 0.1) is 11.3 Å². The minimum Gasteiger partial charge on any atom is -0.375 e. The highest BCUT2D eigenvalue weighted by atomic mass is 16.5. The zero-order valence-electron chi connectivity index (χ0n) is 11.9. The van der Waals surface area contributed by atoms with Gasteiger partial charge in [-0.15, -0.1) is 0 Å². The lowest BCUT2D eigenvalue weighted by atomic mass is 9.98. The second-order valence-corrected chi connectivity index (χ2v) is 6.56. The van der Waals surface area contributed by atoms with Crippen molar-refractivity contribution in [3.63, 3.8) is 0 Å². The molecule has 0 aromatic heterocycles. The first-order valence-electron chi connectivity index (χ1n) is 7.75. The molecule has 0 spiro atoms. The zero-order valence-corrected chi connectivity index (χ0v) is 11.9. The first-order valence-corrected chi connectivity index (χ1v) is 7.75. The van der Waals surface area contributed by atoms with Crippen LogP contribution in [-0.4, -0.2) is 48.3 Å². The number of nitrogens with one attached hydrogen (secondary N) is 1. The first kappa shape index (κ1) is 13.4. The van der Waals surface area contributed by atoms with Gasteiger partial charge in [0.25, 0.3) is 0 Å². The molecule has 0 aromatic rings. The van der Waals surface area contributed by atoms with Gasteiger partial charge in [-0.3, -0.25) is 10.2 Å². The van der Waals surface area contributed by atoms with Gasteiger partial charge in [-0.25, -0.2) is 0 Å². The Labute approximate surface area is 116 Å². The summed E-state index contributed by atoms with van der Waals surface area (Å²) in [6, 6.07) is 3.68. The molecule has 2 aliphatic carbocycles. The van der Waals surface area contributed by atoms with Crippen LogP contribution in [0.25, 0.3) is 0 Å². The fourth-order valence-corrected chi connectivity index (χ4v) is 3.49. The van der Waals surface area contributed by atoms with Gasteiger partial charge < -0.3 is 4.74 Å². The predicted molar refractivity (Wildman–Crippen MR) is 73.7 cm³/mol. The molecule has 3 fully saturated rings. The van der Waals surface area contributed by atoms with Gasteiger partial charge in [0.1, 0.15) is 5.54 Å². The van der Waals surface area contributed by atoms with Crippen LogP contribution in [0.15, 0.2) is 0 Å².